The van der Waals surface area contributed by atoms with E-state index in [4.69, 9.17) is 0 Å². The minimum absolute atomic E-state index is 0. The molecule has 41 heavy (non-hydrogen) atoms. The van der Waals surface area contributed by atoms with E-state index in [0.717, 1.165) is 6.08 Å². The maximum Gasteiger partial charge on any atom is 0 e. The number of benzene rings is 2. The van der Waals surface area contributed by atoms with Crippen molar-refractivity contribution in [3.8, 4) is 11.8 Å². The van der Waals surface area contributed by atoms with E-state index in [1.54, 1.807) is 32.0 Å². The number of hydrogen-bond donors (Lipinski definition) is 0. The summed E-state index contributed by atoms with van der Waals surface area (Å²) in [7, 11) is 0. The Morgan fingerprint density at radius 1 is 0.951 bits per heavy atom. The van der Waals surface area contributed by atoms with E-state index >= 15 is 0 Å². The summed E-state index contributed by atoms with van der Waals surface area (Å²) in [6, 6.07) is 12.9. The molecular weight excluding hydrogens is 986 g/mol. The Morgan fingerprint density at radius 2 is 1.56 bits per heavy atom. The number of ether oxygens (including phenoxy) is 1. The summed E-state index contributed by atoms with van der Waals surface area (Å²) < 4.78 is 90.9. The van der Waals surface area contributed by atoms with Crippen LogP contribution in [0.2, 0.25) is 0 Å². The second kappa shape index (κ2) is 15.9. The van der Waals surface area contributed by atoms with Gasteiger partial charge in [0.2, 0.25) is 0 Å². The average Bonchev–Trinajstić information content (AvgIpc) is 3.21. The van der Waals surface area contributed by atoms with E-state index in [1.807, 2.05) is 35.6 Å². The number of para-hydroxylation sites is 1. The molecule has 0 aliphatic carbocycles. The third-order valence-electron chi connectivity index (χ3n) is 5.42. The van der Waals surface area contributed by atoms with Crippen molar-refractivity contribution in [3.05, 3.63) is 69.4 Å². The summed E-state index contributed by atoms with van der Waals surface area (Å²) in [6.07, 6.45) is -6.98. The normalized spacial score (nSPS) is 14.7. The minimum Gasteiger partial charge on any atom is 0 e. The zero-order valence-electron chi connectivity index (χ0n) is 23.4. The Kier molecular flexibility index (Phi) is 14.6. The van der Waals surface area contributed by atoms with E-state index < -0.39 is 46.7 Å². The van der Waals surface area contributed by atoms with Crippen LogP contribution < -0.4 is 12.2 Å². The molecule has 2 bridgehead atoms. The number of hydrogen-bond acceptors (Lipinski definition) is 5. The maximum atomic E-state index is 13.6. The predicted octanol–water partition coefficient (Wildman–Crippen LogP) is 8.20. The van der Waals surface area contributed by atoms with Crippen LogP contribution >= 0.6 is 11.9 Å². The van der Waals surface area contributed by atoms with Crippen LogP contribution in [-0.2, 0) is 5.41 Å². The van der Waals surface area contributed by atoms with Crippen molar-refractivity contribution >= 4 is 49.5 Å². The van der Waals surface area contributed by atoms with Crippen molar-refractivity contribution in [1.29, 1.82) is 5.26 Å². The van der Waals surface area contributed by atoms with Crippen molar-refractivity contribution in [1.82, 2.24) is 0 Å². The van der Waals surface area contributed by atoms with Crippen LogP contribution in [0.25, 0.3) is 0 Å². The Balaban J connectivity index is 0.00000161. The number of nitrogens with zero attached hydrogens (tertiary/aromatic N) is 3. The van der Waals surface area contributed by atoms with Gasteiger partial charge >= 0.3 is 217 Å². The molecule has 0 fully saturated rings. The van der Waals surface area contributed by atoms with Gasteiger partial charge in [-0.05, 0) is 0 Å². The topological polar surface area (TPSA) is 48.6 Å². The molecule has 0 N–H and O–H groups in total. The Morgan fingerprint density at radius 3 is 2.10 bits per heavy atom. The Bertz CT molecular complexity index is 1300. The van der Waals surface area contributed by atoms with E-state index in [9.17, 15) is 31.6 Å². The standard InChI is InChI=1S/C24H18F6N3OS.2C2H6.Pb.U/c1-16(8-13-21(32)23(25,26)27)14-33(20-7-5-4-6-19(20)22(2,3)15-31)35-18-11-9-17(10-12-18)34-24(28,29)30;2*1-2;;/h1,4-6,8-13H,14H2,2-3H3;2*1-2H3;;/q-1;;;+1;. The largest absolute Gasteiger partial charge is 0 e. The number of anilines is 1. The van der Waals surface area contributed by atoms with E-state index in [1.165, 1.54) is 42.3 Å². The summed E-state index contributed by atoms with van der Waals surface area (Å²) >= 11 is -2.38. The van der Waals surface area contributed by atoms with Crippen LogP contribution in [0.1, 0.15) is 47.1 Å². The fraction of sp³-hybridized carbons (Fsp3) is 0.357. The van der Waals surface area contributed by atoms with E-state index in [0.29, 0.717) is 24.8 Å². The minimum atomic E-state index is -4.81. The van der Waals surface area contributed by atoms with Gasteiger partial charge in [0.1, 0.15) is 0 Å². The first-order valence-corrected chi connectivity index (χ1v) is 19.2. The monoisotopic (exact) mass is 1020 g/mol. The Labute approximate surface area is 274 Å². The molecule has 1 radical (unpaired) electrons. The number of halogens is 6. The maximum absolute atomic E-state index is 13.6. The molecule has 2 aromatic carbocycles. The van der Waals surface area contributed by atoms with Crippen molar-refractivity contribution in [3.63, 3.8) is 0 Å². The number of rotatable bonds is 4. The Hall–Kier alpha value is -1.42. The van der Waals surface area contributed by atoms with Crippen LogP contribution in [0.15, 0.2) is 71.5 Å². The van der Waals surface area contributed by atoms with Crippen LogP contribution in [-0.4, -0.2) is 47.8 Å². The molecule has 2 aliphatic rings. The molecule has 13 heteroatoms. The molecule has 219 valence electrons. The number of alkyl halides is 6. The molecule has 0 amide bonds. The van der Waals surface area contributed by atoms with Gasteiger partial charge in [0.25, 0.3) is 0 Å². The number of fused-ring (bicyclic) bond motifs is 3. The van der Waals surface area contributed by atoms with Gasteiger partial charge in [-0.1, -0.05) is 27.7 Å². The molecule has 0 unspecified atom stereocenters. The van der Waals surface area contributed by atoms with Gasteiger partial charge in [-0.25, -0.2) is 0 Å². The van der Waals surface area contributed by atoms with Crippen LogP contribution in [0, 0.1) is 42.4 Å². The number of allylic oxidation sites excluding steroid dienone is 1. The second-order valence-corrected chi connectivity index (χ2v) is 16.7. The van der Waals surface area contributed by atoms with Gasteiger partial charge in [-0.2, -0.15) is 0 Å². The smallest absolute Gasteiger partial charge is 0 e. The summed E-state index contributed by atoms with van der Waals surface area (Å²) in [5, 5.41) is 9.84. The molecule has 0 saturated carbocycles. The average molecular weight is 1020 g/mol. The van der Waals surface area contributed by atoms with Gasteiger partial charge in [0, 0.05) is 31.1 Å². The fourth-order valence-corrected chi connectivity index (χ4v) is 13.3. The molecule has 2 aromatic rings. The molecular formula is C28H30F6N3OPbSU. The zero-order valence-corrected chi connectivity index (χ0v) is 32.3. The van der Waals surface area contributed by atoms with E-state index in [2.05, 4.69) is 13.6 Å². The van der Waals surface area contributed by atoms with Gasteiger partial charge in [-0.15, -0.1) is 0 Å². The van der Waals surface area contributed by atoms with Crippen LogP contribution in [0.4, 0.5) is 32.0 Å². The molecule has 4 nitrogen and oxygen atoms in total. The van der Waals surface area contributed by atoms with Gasteiger partial charge in [0.15, 0.2) is 0 Å². The van der Waals surface area contributed by atoms with Crippen molar-refractivity contribution in [2.75, 3.05) is 10.8 Å². The van der Waals surface area contributed by atoms with Gasteiger partial charge < -0.3 is 0 Å². The zero-order chi connectivity index (χ0) is 30.3. The van der Waals surface area contributed by atoms with Crippen molar-refractivity contribution in [2.24, 2.45) is 2.80 Å². The third-order valence-corrected chi connectivity index (χ3v) is 14.5. The van der Waals surface area contributed by atoms with E-state index in [-0.39, 0.29) is 43.4 Å². The first-order chi connectivity index (χ1) is 18.8. The molecule has 2 heterocycles. The summed E-state index contributed by atoms with van der Waals surface area (Å²) in [5.41, 5.74) is 0.0954. The predicted molar refractivity (Wildman–Crippen MR) is 150 cm³/mol. The van der Waals surface area contributed by atoms with Crippen LogP contribution in [0.3, 0.4) is 0 Å². The number of nitriles is 1. The fourth-order valence-electron chi connectivity index (χ4n) is 3.74. The quantitative estimate of drug-likeness (QED) is 0.176. The first-order valence-electron chi connectivity index (χ1n) is 12.5. The van der Waals surface area contributed by atoms with Crippen LogP contribution in [0.5, 0.6) is 5.75 Å². The molecule has 0 atom stereocenters. The SMILES string of the molecule is CC.CC.CC(C)(C#N)c1ccc[c]2c1N(Sc1ccc(OC(F)(F)F)cc1)CC1=[CH][Pb]2[N]=C(C(F)(F)F)C=C1.[U]. The third kappa shape index (κ3) is 10.1. The van der Waals surface area contributed by atoms with Gasteiger partial charge in [-0.3, -0.25) is 0 Å². The molecule has 0 aromatic heterocycles. The second-order valence-electron chi connectivity index (χ2n) is 8.52. The molecule has 4 rings (SSSR count). The summed E-state index contributed by atoms with van der Waals surface area (Å²) in [6.45, 7) is 11.7. The first kappa shape index (κ1) is 37.6. The molecule has 0 saturated heterocycles. The molecule has 0 spiro atoms. The van der Waals surface area contributed by atoms with Gasteiger partial charge in [0.05, 0.1) is 0 Å². The summed E-state index contributed by atoms with van der Waals surface area (Å²) in [5.74, 6) is -0.363. The molecule has 2 aliphatic heterocycles. The summed E-state index contributed by atoms with van der Waals surface area (Å²) in [4.78, 5) is 0.592. The van der Waals surface area contributed by atoms with Crippen molar-refractivity contribution in [2.45, 2.75) is 64.4 Å². The van der Waals surface area contributed by atoms with Crippen molar-refractivity contribution < 1.29 is 62.2 Å².